The van der Waals surface area contributed by atoms with Crippen LogP contribution in [0.5, 0.6) is 0 Å². The Bertz CT molecular complexity index is 1410. The number of rotatable bonds is 14. The first-order valence-electron chi connectivity index (χ1n) is 13.8. The molecule has 9 heteroatoms. The molecular weight excluding hydrogens is 602 g/mol. The summed E-state index contributed by atoms with van der Waals surface area (Å²) in [6.45, 7) is 6.82. The number of hydrogen-bond donors (Lipinski definition) is 1. The predicted molar refractivity (Wildman–Crippen MR) is 169 cm³/mol. The summed E-state index contributed by atoms with van der Waals surface area (Å²) in [4.78, 5) is 29.1. The monoisotopic (exact) mass is 641 g/mol. The number of halogens is 1. The summed E-state index contributed by atoms with van der Waals surface area (Å²) in [5.74, 6) is -0.151. The molecule has 0 aliphatic rings. The zero-order valence-electron chi connectivity index (χ0n) is 24.2. The van der Waals surface area contributed by atoms with Gasteiger partial charge in [-0.3, -0.25) is 13.9 Å². The molecule has 7 nitrogen and oxygen atoms in total. The SMILES string of the molecule is Cc1ccccc1N(CCCC(=O)N(Cc1cccc(Br)c1)[C@@H](Cc1ccccc1)C(=O)NCC(C)C)S(C)(=O)=O. The fourth-order valence-electron chi connectivity index (χ4n) is 4.63. The molecule has 0 aliphatic heterocycles. The van der Waals surface area contributed by atoms with Crippen LogP contribution in [0, 0.1) is 12.8 Å². The Morgan fingerprint density at radius 2 is 1.59 bits per heavy atom. The van der Waals surface area contributed by atoms with E-state index in [0.717, 1.165) is 21.2 Å². The molecule has 0 fully saturated rings. The number of sulfonamides is 1. The van der Waals surface area contributed by atoms with E-state index in [1.807, 2.05) is 87.5 Å². The maximum Gasteiger partial charge on any atom is 0.243 e. The Kier molecular flexibility index (Phi) is 12.0. The third-order valence-corrected chi connectivity index (χ3v) is 8.41. The number of carbonyl (C=O) groups excluding carboxylic acids is 2. The van der Waals surface area contributed by atoms with Crippen molar-refractivity contribution >= 4 is 43.5 Å². The highest BCUT2D eigenvalue weighted by atomic mass is 79.9. The number of anilines is 1. The third-order valence-electron chi connectivity index (χ3n) is 6.73. The van der Waals surface area contributed by atoms with E-state index in [1.165, 1.54) is 10.6 Å². The molecule has 41 heavy (non-hydrogen) atoms. The smallest absolute Gasteiger partial charge is 0.243 e. The lowest BCUT2D eigenvalue weighted by atomic mass is 10.0. The maximum atomic E-state index is 13.9. The highest BCUT2D eigenvalue weighted by molar-refractivity contribution is 9.10. The fraction of sp³-hybridized carbons (Fsp3) is 0.375. The number of hydrogen-bond acceptors (Lipinski definition) is 4. The highest BCUT2D eigenvalue weighted by Gasteiger charge is 2.30. The van der Waals surface area contributed by atoms with Crippen LogP contribution in [0.4, 0.5) is 5.69 Å². The molecule has 0 aromatic heterocycles. The lowest BCUT2D eigenvalue weighted by molar-refractivity contribution is -0.141. The Morgan fingerprint density at radius 1 is 0.927 bits per heavy atom. The Hall–Kier alpha value is -3.17. The van der Waals surface area contributed by atoms with Gasteiger partial charge in [0, 0.05) is 36.9 Å². The van der Waals surface area contributed by atoms with Crippen LogP contribution in [-0.2, 0) is 32.6 Å². The van der Waals surface area contributed by atoms with Crippen molar-refractivity contribution in [1.29, 1.82) is 0 Å². The number of nitrogens with zero attached hydrogens (tertiary/aromatic N) is 2. The lowest BCUT2D eigenvalue weighted by Crippen LogP contribution is -2.51. The summed E-state index contributed by atoms with van der Waals surface area (Å²) in [5, 5.41) is 3.03. The molecule has 0 saturated carbocycles. The second-order valence-corrected chi connectivity index (χ2v) is 13.5. The van der Waals surface area contributed by atoms with Crippen LogP contribution in [0.1, 0.15) is 43.4 Å². The molecule has 0 aliphatic carbocycles. The van der Waals surface area contributed by atoms with E-state index in [9.17, 15) is 18.0 Å². The average Bonchev–Trinajstić information content (AvgIpc) is 2.92. The minimum atomic E-state index is -3.56. The molecule has 220 valence electrons. The molecule has 0 unspecified atom stereocenters. The van der Waals surface area contributed by atoms with Gasteiger partial charge in [-0.1, -0.05) is 90.4 Å². The predicted octanol–water partition coefficient (Wildman–Crippen LogP) is 5.72. The number of amides is 2. The standard InChI is InChI=1S/C32H40BrN3O4S/c1-24(2)22-34-32(38)30(21-26-13-6-5-7-14-26)35(23-27-15-10-16-28(33)20-27)31(37)18-11-19-36(41(4,39)40)29-17-9-8-12-25(29)3/h5-10,12-17,20,24,30H,11,18-19,21-23H2,1-4H3,(H,34,38)/t30-/m0/s1. The molecule has 3 rings (SSSR count). The minimum Gasteiger partial charge on any atom is -0.354 e. The van der Waals surface area contributed by atoms with Crippen molar-refractivity contribution in [2.24, 2.45) is 5.92 Å². The van der Waals surface area contributed by atoms with Crippen molar-refractivity contribution in [3.05, 3.63) is 100 Å². The number of para-hydroxylation sites is 1. The van der Waals surface area contributed by atoms with Crippen LogP contribution in [0.15, 0.2) is 83.3 Å². The number of benzene rings is 3. The normalized spacial score (nSPS) is 12.1. The van der Waals surface area contributed by atoms with E-state index in [1.54, 1.807) is 17.0 Å². The van der Waals surface area contributed by atoms with Gasteiger partial charge in [0.05, 0.1) is 11.9 Å². The minimum absolute atomic E-state index is 0.0919. The van der Waals surface area contributed by atoms with Crippen LogP contribution in [0.2, 0.25) is 0 Å². The first-order chi connectivity index (χ1) is 19.5. The van der Waals surface area contributed by atoms with Crippen LogP contribution in [-0.4, -0.2) is 50.5 Å². The van der Waals surface area contributed by atoms with Crippen LogP contribution in [0.25, 0.3) is 0 Å². The quantitative estimate of drug-likeness (QED) is 0.244. The van der Waals surface area contributed by atoms with E-state index < -0.39 is 16.1 Å². The molecule has 1 atom stereocenters. The second kappa shape index (κ2) is 15.2. The van der Waals surface area contributed by atoms with E-state index in [2.05, 4.69) is 21.2 Å². The van der Waals surface area contributed by atoms with Crippen molar-refractivity contribution in [2.45, 2.75) is 52.6 Å². The van der Waals surface area contributed by atoms with Gasteiger partial charge in [-0.25, -0.2) is 8.42 Å². The summed E-state index contributed by atoms with van der Waals surface area (Å²) < 4.78 is 27.6. The van der Waals surface area contributed by atoms with Crippen LogP contribution in [0.3, 0.4) is 0 Å². The van der Waals surface area contributed by atoms with Gasteiger partial charge < -0.3 is 10.2 Å². The summed E-state index contributed by atoms with van der Waals surface area (Å²) >= 11 is 3.51. The van der Waals surface area contributed by atoms with Gasteiger partial charge in [0.15, 0.2) is 0 Å². The Balaban J connectivity index is 1.89. The van der Waals surface area contributed by atoms with Crippen molar-refractivity contribution < 1.29 is 18.0 Å². The molecule has 0 spiro atoms. The van der Waals surface area contributed by atoms with Gasteiger partial charge in [0.25, 0.3) is 0 Å². The van der Waals surface area contributed by atoms with E-state index in [4.69, 9.17) is 0 Å². The number of carbonyl (C=O) groups is 2. The zero-order chi connectivity index (χ0) is 30.0. The van der Waals surface area contributed by atoms with Crippen molar-refractivity contribution in [3.63, 3.8) is 0 Å². The molecule has 0 radical (unpaired) electrons. The topological polar surface area (TPSA) is 86.8 Å². The van der Waals surface area contributed by atoms with Crippen molar-refractivity contribution in [2.75, 3.05) is 23.7 Å². The largest absolute Gasteiger partial charge is 0.354 e. The van der Waals surface area contributed by atoms with Gasteiger partial charge in [-0.15, -0.1) is 0 Å². The first kappa shape index (κ1) is 32.3. The zero-order valence-corrected chi connectivity index (χ0v) is 26.6. The number of nitrogens with one attached hydrogen (secondary N) is 1. The van der Waals surface area contributed by atoms with Gasteiger partial charge in [0.1, 0.15) is 6.04 Å². The molecule has 3 aromatic carbocycles. The summed E-state index contributed by atoms with van der Waals surface area (Å²) in [6.07, 6.45) is 1.94. The van der Waals surface area contributed by atoms with E-state index in [0.29, 0.717) is 25.1 Å². The molecule has 0 saturated heterocycles. The molecular formula is C32H40BrN3O4S. The van der Waals surface area contributed by atoms with Gasteiger partial charge in [0.2, 0.25) is 21.8 Å². The molecule has 2 amide bonds. The average molecular weight is 643 g/mol. The maximum absolute atomic E-state index is 13.9. The van der Waals surface area contributed by atoms with E-state index >= 15 is 0 Å². The van der Waals surface area contributed by atoms with Gasteiger partial charge in [-0.2, -0.15) is 0 Å². The van der Waals surface area contributed by atoms with Crippen LogP contribution < -0.4 is 9.62 Å². The third kappa shape index (κ3) is 10.0. The Labute approximate surface area is 253 Å². The van der Waals surface area contributed by atoms with E-state index in [-0.39, 0.29) is 37.2 Å². The Morgan fingerprint density at radius 3 is 2.22 bits per heavy atom. The first-order valence-corrected chi connectivity index (χ1v) is 16.5. The number of aryl methyl sites for hydroxylation is 1. The molecule has 3 aromatic rings. The fourth-order valence-corrected chi connectivity index (χ4v) is 6.10. The summed E-state index contributed by atoms with van der Waals surface area (Å²) in [5.41, 5.74) is 3.28. The van der Waals surface area contributed by atoms with Gasteiger partial charge >= 0.3 is 0 Å². The highest BCUT2D eigenvalue weighted by Crippen LogP contribution is 2.23. The molecule has 0 heterocycles. The summed E-state index contributed by atoms with van der Waals surface area (Å²) in [7, 11) is -3.56. The molecule has 0 bridgehead atoms. The van der Waals surface area contributed by atoms with Crippen molar-refractivity contribution in [1.82, 2.24) is 10.2 Å². The second-order valence-electron chi connectivity index (χ2n) is 10.7. The van der Waals surface area contributed by atoms with Crippen LogP contribution >= 0.6 is 15.9 Å². The molecule has 1 N–H and O–H groups in total. The lowest BCUT2D eigenvalue weighted by Gasteiger charge is -2.32. The van der Waals surface area contributed by atoms with Crippen molar-refractivity contribution in [3.8, 4) is 0 Å². The summed E-state index contributed by atoms with van der Waals surface area (Å²) in [6, 6.07) is 23.9. The van der Waals surface area contributed by atoms with Gasteiger partial charge in [-0.05, 0) is 54.2 Å².